The van der Waals surface area contributed by atoms with Gasteiger partial charge in [0.05, 0.1) is 13.2 Å². The number of ether oxygens (including phenoxy) is 2. The second kappa shape index (κ2) is 11.2. The fraction of sp³-hybridized carbons (Fsp3) is 0.333. The minimum atomic E-state index is 0.436. The zero-order chi connectivity index (χ0) is 25.6. The van der Waals surface area contributed by atoms with Gasteiger partial charge in [0.15, 0.2) is 5.52 Å². The van der Waals surface area contributed by atoms with E-state index in [9.17, 15) is 0 Å². The van der Waals surface area contributed by atoms with Crippen LogP contribution in [-0.4, -0.2) is 53.6 Å². The molecule has 5 aromatic rings. The van der Waals surface area contributed by atoms with E-state index in [4.69, 9.17) is 14.5 Å². The Kier molecular flexibility index (Phi) is 7.34. The Morgan fingerprint density at radius 3 is 2.27 bits per heavy atom. The highest BCUT2D eigenvalue weighted by molar-refractivity contribution is 5.85. The van der Waals surface area contributed by atoms with Crippen LogP contribution in [0.4, 0.5) is 0 Å². The average Bonchev–Trinajstić information content (AvgIpc) is 3.59. The number of aromatic amines is 1. The SMILES string of the molecule is CCCCc1nc2c(OCC)nnc(OCC)c2n1Cc1ccc(-c2ccccc2-c2nn[nH]n2)cc1. The number of hydrogen-bond donors (Lipinski definition) is 1. The lowest BCUT2D eigenvalue weighted by molar-refractivity contribution is 0.308. The monoisotopic (exact) mass is 498 g/mol. The lowest BCUT2D eigenvalue weighted by Crippen LogP contribution is -2.08. The second-order valence-electron chi connectivity index (χ2n) is 8.57. The van der Waals surface area contributed by atoms with Crippen LogP contribution >= 0.6 is 0 Å². The summed E-state index contributed by atoms with van der Waals surface area (Å²) in [6, 6.07) is 16.6. The van der Waals surface area contributed by atoms with Gasteiger partial charge in [-0.3, -0.25) is 0 Å². The first-order chi connectivity index (χ1) is 18.2. The molecule has 0 bridgehead atoms. The fourth-order valence-electron chi connectivity index (χ4n) is 4.39. The molecule has 0 atom stereocenters. The van der Waals surface area contributed by atoms with Crippen LogP contribution in [0.15, 0.2) is 48.5 Å². The van der Waals surface area contributed by atoms with Gasteiger partial charge in [-0.05, 0) is 42.2 Å². The van der Waals surface area contributed by atoms with E-state index in [1.54, 1.807) is 0 Å². The van der Waals surface area contributed by atoms with E-state index in [1.165, 1.54) is 0 Å². The van der Waals surface area contributed by atoms with Gasteiger partial charge in [0.1, 0.15) is 11.3 Å². The van der Waals surface area contributed by atoms with Crippen LogP contribution in [0.25, 0.3) is 33.5 Å². The zero-order valence-electron chi connectivity index (χ0n) is 21.3. The van der Waals surface area contributed by atoms with E-state index in [1.807, 2.05) is 32.0 Å². The normalized spacial score (nSPS) is 11.2. The van der Waals surface area contributed by atoms with Crippen molar-refractivity contribution in [3.8, 4) is 34.3 Å². The number of unbranched alkanes of at least 4 members (excludes halogenated alkanes) is 1. The largest absolute Gasteiger partial charge is 0.475 e. The maximum Gasteiger partial charge on any atom is 0.262 e. The molecule has 3 aromatic heterocycles. The predicted octanol–water partition coefficient (Wildman–Crippen LogP) is 4.86. The maximum absolute atomic E-state index is 5.86. The first-order valence-electron chi connectivity index (χ1n) is 12.7. The summed E-state index contributed by atoms with van der Waals surface area (Å²) in [7, 11) is 0. The highest BCUT2D eigenvalue weighted by Gasteiger charge is 2.21. The van der Waals surface area contributed by atoms with Gasteiger partial charge in [0, 0.05) is 18.5 Å². The van der Waals surface area contributed by atoms with E-state index in [2.05, 4.69) is 72.6 Å². The third-order valence-corrected chi connectivity index (χ3v) is 6.12. The van der Waals surface area contributed by atoms with Gasteiger partial charge in [-0.15, -0.1) is 20.4 Å². The third-order valence-electron chi connectivity index (χ3n) is 6.12. The predicted molar refractivity (Wildman–Crippen MR) is 140 cm³/mol. The molecule has 0 fully saturated rings. The second-order valence-corrected chi connectivity index (χ2v) is 8.57. The molecule has 3 heterocycles. The average molecular weight is 499 g/mol. The van der Waals surface area contributed by atoms with Crippen LogP contribution < -0.4 is 9.47 Å². The van der Waals surface area contributed by atoms with Crippen LogP contribution in [0.5, 0.6) is 11.8 Å². The zero-order valence-corrected chi connectivity index (χ0v) is 21.3. The van der Waals surface area contributed by atoms with Crippen LogP contribution in [0, 0.1) is 0 Å². The maximum atomic E-state index is 5.86. The van der Waals surface area contributed by atoms with Gasteiger partial charge in [-0.25, -0.2) is 4.98 Å². The van der Waals surface area contributed by atoms with E-state index < -0.39 is 0 Å². The summed E-state index contributed by atoms with van der Waals surface area (Å²) in [6.45, 7) is 7.65. The molecule has 0 aliphatic rings. The Morgan fingerprint density at radius 1 is 0.838 bits per heavy atom. The highest BCUT2D eigenvalue weighted by Crippen LogP contribution is 2.33. The number of rotatable bonds is 11. The molecule has 0 aliphatic heterocycles. The number of benzene rings is 2. The Bertz CT molecular complexity index is 1460. The van der Waals surface area contributed by atoms with Crippen LogP contribution in [0.3, 0.4) is 0 Å². The van der Waals surface area contributed by atoms with E-state index >= 15 is 0 Å². The van der Waals surface area contributed by atoms with Crippen molar-refractivity contribution in [1.82, 2.24) is 40.4 Å². The fourth-order valence-corrected chi connectivity index (χ4v) is 4.39. The smallest absolute Gasteiger partial charge is 0.262 e. The Labute approximate surface area is 215 Å². The lowest BCUT2D eigenvalue weighted by atomic mass is 9.98. The van der Waals surface area contributed by atoms with Gasteiger partial charge >= 0.3 is 0 Å². The van der Waals surface area contributed by atoms with Gasteiger partial charge in [-0.1, -0.05) is 61.9 Å². The molecule has 0 unspecified atom stereocenters. The standard InChI is InChI=1S/C27H30N8O2/c1-4-7-12-22-28-23-24(27(37-6-3)32-31-26(23)36-5-2)35(22)17-18-13-15-19(16-14-18)20-10-8-9-11-21(20)25-29-33-34-30-25/h8-11,13-16H,4-7,12,17H2,1-3H3,(H,29,30,33,34). The molecule has 0 saturated carbocycles. The molecule has 0 saturated heterocycles. The molecule has 5 rings (SSSR count). The Morgan fingerprint density at radius 2 is 1.57 bits per heavy atom. The number of aryl methyl sites for hydroxylation is 1. The molecule has 0 spiro atoms. The Hall–Kier alpha value is -4.34. The van der Waals surface area contributed by atoms with E-state index in [-0.39, 0.29) is 0 Å². The van der Waals surface area contributed by atoms with E-state index in [0.29, 0.717) is 42.9 Å². The van der Waals surface area contributed by atoms with Crippen molar-refractivity contribution in [2.75, 3.05) is 13.2 Å². The number of hydrogen-bond acceptors (Lipinski definition) is 8. The molecule has 0 amide bonds. The van der Waals surface area contributed by atoms with Gasteiger partial charge in [-0.2, -0.15) is 5.21 Å². The van der Waals surface area contributed by atoms with E-state index in [0.717, 1.165) is 52.9 Å². The molecular formula is C27H30N8O2. The number of tetrazole rings is 1. The topological polar surface area (TPSA) is 117 Å². The van der Waals surface area contributed by atoms with Crippen molar-refractivity contribution >= 4 is 11.0 Å². The summed E-state index contributed by atoms with van der Waals surface area (Å²) in [6.07, 6.45) is 2.95. The summed E-state index contributed by atoms with van der Waals surface area (Å²) in [5.74, 6) is 2.45. The number of H-pyrrole nitrogens is 1. The molecular weight excluding hydrogens is 468 g/mol. The number of nitrogens with one attached hydrogen (secondary N) is 1. The third kappa shape index (κ3) is 5.00. The molecule has 2 aromatic carbocycles. The summed E-state index contributed by atoms with van der Waals surface area (Å²) >= 11 is 0. The van der Waals surface area contributed by atoms with Crippen molar-refractivity contribution in [3.63, 3.8) is 0 Å². The molecule has 1 N–H and O–H groups in total. The van der Waals surface area contributed by atoms with Crippen molar-refractivity contribution in [2.45, 2.75) is 46.6 Å². The summed E-state index contributed by atoms with van der Waals surface area (Å²) < 4.78 is 13.8. The first-order valence-corrected chi connectivity index (χ1v) is 12.7. The van der Waals surface area contributed by atoms with Gasteiger partial charge in [0.25, 0.3) is 11.8 Å². The molecule has 10 heteroatoms. The minimum absolute atomic E-state index is 0.436. The summed E-state index contributed by atoms with van der Waals surface area (Å²) in [4.78, 5) is 4.95. The van der Waals surface area contributed by atoms with Gasteiger partial charge in [0.2, 0.25) is 5.82 Å². The summed E-state index contributed by atoms with van der Waals surface area (Å²) in [5.41, 5.74) is 5.69. The molecule has 10 nitrogen and oxygen atoms in total. The van der Waals surface area contributed by atoms with Crippen molar-refractivity contribution < 1.29 is 9.47 Å². The summed E-state index contributed by atoms with van der Waals surface area (Å²) in [5, 5.41) is 23.1. The number of imidazole rings is 1. The van der Waals surface area contributed by atoms with Crippen molar-refractivity contribution in [3.05, 3.63) is 59.9 Å². The van der Waals surface area contributed by atoms with Crippen molar-refractivity contribution in [1.29, 1.82) is 0 Å². The quantitative estimate of drug-likeness (QED) is 0.274. The number of nitrogens with zero attached hydrogens (tertiary/aromatic N) is 7. The minimum Gasteiger partial charge on any atom is -0.475 e. The number of aromatic nitrogens is 8. The molecule has 0 aliphatic carbocycles. The molecule has 37 heavy (non-hydrogen) atoms. The van der Waals surface area contributed by atoms with Gasteiger partial charge < -0.3 is 14.0 Å². The highest BCUT2D eigenvalue weighted by atomic mass is 16.5. The van der Waals surface area contributed by atoms with Crippen LogP contribution in [0.2, 0.25) is 0 Å². The van der Waals surface area contributed by atoms with Crippen LogP contribution in [0.1, 0.15) is 45.0 Å². The van der Waals surface area contributed by atoms with Crippen molar-refractivity contribution in [2.24, 2.45) is 0 Å². The lowest BCUT2D eigenvalue weighted by Gasteiger charge is -2.13. The van der Waals surface area contributed by atoms with Crippen LogP contribution in [-0.2, 0) is 13.0 Å². The molecule has 190 valence electrons. The number of fused-ring (bicyclic) bond motifs is 1. The molecule has 0 radical (unpaired) electrons. The first kappa shape index (κ1) is 24.4. The Balaban J connectivity index is 1.53.